The highest BCUT2D eigenvalue weighted by Crippen LogP contribution is 2.14. The van der Waals surface area contributed by atoms with Crippen molar-refractivity contribution in [2.75, 3.05) is 11.1 Å². The molecule has 0 aliphatic heterocycles. The zero-order valence-electron chi connectivity index (χ0n) is 9.75. The number of nitrogens with one attached hydrogen (secondary N) is 1. The van der Waals surface area contributed by atoms with Crippen LogP contribution >= 0.6 is 12.2 Å². The van der Waals surface area contributed by atoms with Gasteiger partial charge in [-0.25, -0.2) is 4.68 Å². The Bertz CT molecular complexity index is 591. The molecule has 1 heterocycles. The van der Waals surface area contributed by atoms with Gasteiger partial charge in [0.2, 0.25) is 5.91 Å². The van der Waals surface area contributed by atoms with Gasteiger partial charge in [-0.2, -0.15) is 0 Å². The Morgan fingerprint density at radius 1 is 1.39 bits per heavy atom. The van der Waals surface area contributed by atoms with E-state index in [1.54, 1.807) is 0 Å². The number of anilines is 2. The molecule has 0 aliphatic carbocycles. The molecule has 0 fully saturated rings. The lowest BCUT2D eigenvalue weighted by Gasteiger charge is -2.05. The van der Waals surface area contributed by atoms with Crippen LogP contribution in [0.25, 0.3) is 0 Å². The summed E-state index contributed by atoms with van der Waals surface area (Å²) in [6.07, 6.45) is 1.52. The molecule has 0 unspecified atom stereocenters. The Hall–Kier alpha value is -2.21. The summed E-state index contributed by atoms with van der Waals surface area (Å²) < 4.78 is 1.17. The van der Waals surface area contributed by atoms with Crippen molar-refractivity contribution in [2.24, 2.45) is 0 Å². The lowest BCUT2D eigenvalue weighted by Crippen LogP contribution is -2.11. The highest BCUT2D eigenvalue weighted by molar-refractivity contribution is 7.81. The number of nitrogens with two attached hydrogens (primary N) is 1. The number of nitrogen functional groups attached to an aromatic ring is 1. The van der Waals surface area contributed by atoms with E-state index in [0.717, 1.165) is 5.69 Å². The van der Waals surface area contributed by atoms with Crippen molar-refractivity contribution in [3.63, 3.8) is 0 Å². The average Bonchev–Trinajstić information content (AvgIpc) is 2.73. The Balaban J connectivity index is 2.22. The van der Waals surface area contributed by atoms with Crippen molar-refractivity contribution in [1.82, 2.24) is 9.78 Å². The molecule has 2 aromatic rings. The van der Waals surface area contributed by atoms with Crippen molar-refractivity contribution >= 4 is 34.6 Å². The van der Waals surface area contributed by atoms with E-state index < -0.39 is 0 Å². The number of hydrogen-bond donors (Lipinski definition) is 2. The smallest absolute Gasteiger partial charge is 0.243 e. The lowest BCUT2D eigenvalue weighted by molar-refractivity contribution is 0.0921. The molecule has 1 aromatic carbocycles. The average molecular weight is 260 g/mol. The van der Waals surface area contributed by atoms with E-state index in [-0.39, 0.29) is 11.7 Å². The monoisotopic (exact) mass is 260 g/mol. The summed E-state index contributed by atoms with van der Waals surface area (Å²) >= 11 is 5.23. The molecule has 0 spiro atoms. The Morgan fingerprint density at radius 2 is 2.06 bits per heavy atom. The predicted octanol–water partition coefficient (Wildman–Crippen LogP) is 1.91. The van der Waals surface area contributed by atoms with Crippen molar-refractivity contribution in [3.8, 4) is 0 Å². The predicted molar refractivity (Wildman–Crippen MR) is 74.7 cm³/mol. The van der Waals surface area contributed by atoms with Crippen LogP contribution < -0.4 is 11.1 Å². The van der Waals surface area contributed by atoms with Crippen LogP contribution in [0.2, 0.25) is 0 Å². The highest BCUT2D eigenvalue weighted by atomic mass is 32.1. The van der Waals surface area contributed by atoms with E-state index >= 15 is 0 Å². The third kappa shape index (κ3) is 2.54. The number of thiocarbonyl (C=S) groups is 1. The molecular weight excluding hydrogens is 248 g/mol. The van der Waals surface area contributed by atoms with Crippen molar-refractivity contribution in [2.45, 2.75) is 6.92 Å². The van der Waals surface area contributed by atoms with Gasteiger partial charge >= 0.3 is 0 Å². The topological polar surface area (TPSA) is 72.9 Å². The fraction of sp³-hybridized carbons (Fsp3) is 0.0833. The molecule has 18 heavy (non-hydrogen) atoms. The van der Waals surface area contributed by atoms with E-state index in [4.69, 9.17) is 18.0 Å². The number of para-hydroxylation sites is 1. The van der Waals surface area contributed by atoms with E-state index in [2.05, 4.69) is 10.4 Å². The molecule has 0 amide bonds. The molecule has 1 aromatic heterocycles. The minimum absolute atomic E-state index is 0.213. The van der Waals surface area contributed by atoms with Crippen molar-refractivity contribution < 1.29 is 4.79 Å². The van der Waals surface area contributed by atoms with Crippen LogP contribution in [0.4, 0.5) is 11.5 Å². The summed E-state index contributed by atoms with van der Waals surface area (Å²) in [4.78, 5) is 11.6. The molecule has 0 saturated heterocycles. The van der Waals surface area contributed by atoms with Crippen LogP contribution in [-0.2, 0) is 0 Å². The molecule has 2 rings (SSSR count). The molecule has 5 nitrogen and oxygen atoms in total. The molecule has 3 N–H and O–H groups in total. The third-order valence-electron chi connectivity index (χ3n) is 2.34. The van der Waals surface area contributed by atoms with E-state index in [0.29, 0.717) is 10.6 Å². The van der Waals surface area contributed by atoms with Crippen LogP contribution in [0, 0.1) is 0 Å². The first kappa shape index (κ1) is 12.3. The van der Waals surface area contributed by atoms with Gasteiger partial charge in [-0.1, -0.05) is 30.4 Å². The van der Waals surface area contributed by atoms with Crippen LogP contribution in [0.5, 0.6) is 0 Å². The largest absolute Gasteiger partial charge is 0.382 e. The maximum atomic E-state index is 11.2. The number of nitrogens with zero attached hydrogens (tertiary/aromatic N) is 2. The molecule has 0 bridgehead atoms. The molecule has 0 aliphatic rings. The number of benzene rings is 1. The number of carbonyl (C=O) groups is 1. The first-order chi connectivity index (χ1) is 8.58. The summed E-state index contributed by atoms with van der Waals surface area (Å²) in [6.45, 7) is 1.41. The van der Waals surface area contributed by atoms with Crippen LogP contribution in [0.1, 0.15) is 17.3 Å². The van der Waals surface area contributed by atoms with Gasteiger partial charge in [-0.3, -0.25) is 4.79 Å². The Kier molecular flexibility index (Phi) is 3.38. The van der Waals surface area contributed by atoms with Gasteiger partial charge < -0.3 is 11.1 Å². The second kappa shape index (κ2) is 4.97. The zero-order chi connectivity index (χ0) is 13.1. The number of aromatic nitrogens is 2. The second-order valence-corrected chi connectivity index (χ2v) is 4.12. The Morgan fingerprint density at radius 3 is 2.61 bits per heavy atom. The number of hydrogen-bond acceptors (Lipinski definition) is 4. The minimum Gasteiger partial charge on any atom is -0.382 e. The molecule has 6 heteroatoms. The summed E-state index contributed by atoms with van der Waals surface area (Å²) in [5.41, 5.74) is 7.13. The Labute approximate surface area is 110 Å². The van der Waals surface area contributed by atoms with Gasteiger partial charge in [0.25, 0.3) is 0 Å². The van der Waals surface area contributed by atoms with Gasteiger partial charge in [0.1, 0.15) is 4.99 Å². The van der Waals surface area contributed by atoms with Gasteiger partial charge in [0, 0.05) is 18.8 Å². The van der Waals surface area contributed by atoms with E-state index in [1.165, 1.54) is 17.8 Å². The second-order valence-electron chi connectivity index (χ2n) is 3.71. The molecule has 0 atom stereocenters. The van der Waals surface area contributed by atoms with Crippen molar-refractivity contribution in [3.05, 3.63) is 42.1 Å². The fourth-order valence-electron chi connectivity index (χ4n) is 1.44. The fourth-order valence-corrected chi connectivity index (χ4v) is 1.72. The molecule has 0 saturated carbocycles. The number of carbonyl (C=O) groups excluding carboxylic acids is 1. The van der Waals surface area contributed by atoms with Gasteiger partial charge in [0.15, 0.2) is 5.82 Å². The minimum atomic E-state index is -0.213. The van der Waals surface area contributed by atoms with Crippen molar-refractivity contribution in [1.29, 1.82) is 0 Å². The van der Waals surface area contributed by atoms with E-state index in [9.17, 15) is 4.79 Å². The molecule has 92 valence electrons. The maximum absolute atomic E-state index is 11.2. The number of rotatable bonds is 2. The summed E-state index contributed by atoms with van der Waals surface area (Å²) in [5.74, 6) is 0.0223. The van der Waals surface area contributed by atoms with Crippen LogP contribution in [-0.4, -0.2) is 20.7 Å². The molecule has 0 radical (unpaired) electrons. The first-order valence-corrected chi connectivity index (χ1v) is 5.71. The third-order valence-corrected chi connectivity index (χ3v) is 2.66. The van der Waals surface area contributed by atoms with Crippen LogP contribution in [0.3, 0.4) is 0 Å². The highest BCUT2D eigenvalue weighted by Gasteiger charge is 2.12. The summed E-state index contributed by atoms with van der Waals surface area (Å²) in [6, 6.07) is 9.48. The van der Waals surface area contributed by atoms with E-state index in [1.807, 2.05) is 30.3 Å². The van der Waals surface area contributed by atoms with Gasteiger partial charge in [-0.05, 0) is 12.1 Å². The first-order valence-electron chi connectivity index (χ1n) is 5.30. The lowest BCUT2D eigenvalue weighted by atomic mass is 10.3. The van der Waals surface area contributed by atoms with Gasteiger partial charge in [-0.15, -0.1) is 5.10 Å². The standard InChI is InChI=1S/C12H12N4OS/c1-8(17)16-7-10(11(13)15-16)12(18)14-9-5-3-2-4-6-9/h2-7H,1H3,(H2,13,15)(H,14,18). The maximum Gasteiger partial charge on any atom is 0.243 e. The normalized spacial score (nSPS) is 10.1. The van der Waals surface area contributed by atoms with Crippen LogP contribution in [0.15, 0.2) is 36.5 Å². The molecular formula is C12H12N4OS. The zero-order valence-corrected chi connectivity index (χ0v) is 10.6. The summed E-state index contributed by atoms with van der Waals surface area (Å²) in [5, 5.41) is 6.93. The quantitative estimate of drug-likeness (QED) is 0.807. The summed E-state index contributed by atoms with van der Waals surface area (Å²) in [7, 11) is 0. The SMILES string of the molecule is CC(=O)n1cc(C(=S)Nc2ccccc2)c(N)n1. The van der Waals surface area contributed by atoms with Gasteiger partial charge in [0.05, 0.1) is 5.56 Å².